The Hall–Kier alpha value is -1.76. The number of halogens is 1. The molecule has 0 bridgehead atoms. The Kier molecular flexibility index (Phi) is 9.22. The second-order valence-electron chi connectivity index (χ2n) is 6.01. The highest BCUT2D eigenvalue weighted by atomic mass is 35.5. The fourth-order valence-corrected chi connectivity index (χ4v) is 1.82. The van der Waals surface area contributed by atoms with Gasteiger partial charge in [0.25, 0.3) is 6.47 Å². The van der Waals surface area contributed by atoms with Crippen molar-refractivity contribution in [3.63, 3.8) is 0 Å². The maximum absolute atomic E-state index is 9.60. The number of rotatable bonds is 1. The zero-order valence-corrected chi connectivity index (χ0v) is 15.1. The summed E-state index contributed by atoms with van der Waals surface area (Å²) in [4.78, 5) is 17.8. The molecule has 1 saturated heterocycles. The minimum absolute atomic E-state index is 0.318. The van der Waals surface area contributed by atoms with Crippen LogP contribution in [0.3, 0.4) is 0 Å². The van der Waals surface area contributed by atoms with E-state index in [2.05, 4.69) is 25.3 Å². The van der Waals surface area contributed by atoms with Crippen molar-refractivity contribution < 1.29 is 9.53 Å². The third-order valence-corrected chi connectivity index (χ3v) is 2.96. The summed E-state index contributed by atoms with van der Waals surface area (Å²) in [7, 11) is 0. The molecular formula is C17H25ClN4O2. The Labute approximate surface area is 148 Å². The lowest BCUT2D eigenvalue weighted by Crippen LogP contribution is -2.39. The molecular weight excluding hydrogens is 328 g/mol. The summed E-state index contributed by atoms with van der Waals surface area (Å²) >= 11 is 5.65. The Morgan fingerprint density at radius 3 is 2.04 bits per heavy atom. The first kappa shape index (κ1) is 20.3. The average molecular weight is 353 g/mol. The van der Waals surface area contributed by atoms with E-state index in [1.165, 1.54) is 0 Å². The number of fused-ring (bicyclic) bond motifs is 1. The number of benzene rings is 1. The summed E-state index contributed by atoms with van der Waals surface area (Å²) < 4.78 is 4.55. The zero-order chi connectivity index (χ0) is 17.8. The molecule has 3 rings (SSSR count). The van der Waals surface area contributed by atoms with Gasteiger partial charge >= 0.3 is 0 Å². The molecule has 1 aliphatic rings. The van der Waals surface area contributed by atoms with Crippen LogP contribution in [0.15, 0.2) is 30.5 Å². The van der Waals surface area contributed by atoms with Gasteiger partial charge in [-0.05, 0) is 32.9 Å². The molecule has 0 radical (unpaired) electrons. The van der Waals surface area contributed by atoms with Crippen LogP contribution in [0.2, 0.25) is 5.15 Å². The van der Waals surface area contributed by atoms with Crippen LogP contribution in [-0.4, -0.2) is 48.2 Å². The minimum atomic E-state index is -0.318. The van der Waals surface area contributed by atoms with Gasteiger partial charge in [-0.25, -0.2) is 4.98 Å². The highest BCUT2D eigenvalue weighted by molar-refractivity contribution is 6.29. The van der Waals surface area contributed by atoms with Crippen molar-refractivity contribution >= 4 is 29.1 Å². The maximum Gasteiger partial charge on any atom is 0.293 e. The summed E-state index contributed by atoms with van der Waals surface area (Å²) in [6.45, 7) is 10.5. The van der Waals surface area contributed by atoms with Crippen molar-refractivity contribution in [2.24, 2.45) is 0 Å². The molecule has 7 heteroatoms. The normalized spacial score (nSPS) is 13.8. The Morgan fingerprint density at radius 1 is 1.08 bits per heavy atom. The lowest BCUT2D eigenvalue weighted by molar-refractivity contribution is -0.138. The lowest BCUT2D eigenvalue weighted by atomic mass is 10.2. The molecule has 0 aliphatic carbocycles. The predicted molar refractivity (Wildman–Crippen MR) is 97.2 cm³/mol. The van der Waals surface area contributed by atoms with E-state index in [1.807, 2.05) is 45.0 Å². The van der Waals surface area contributed by atoms with Crippen molar-refractivity contribution in [2.45, 2.75) is 26.4 Å². The minimum Gasteiger partial charge on any atom is -0.462 e. The molecule has 1 aromatic carbocycles. The van der Waals surface area contributed by atoms with Crippen molar-refractivity contribution in [3.8, 4) is 0 Å². The first-order valence-electron chi connectivity index (χ1n) is 7.82. The molecule has 2 aromatic rings. The summed E-state index contributed by atoms with van der Waals surface area (Å²) in [6, 6.07) is 7.62. The molecule has 0 atom stereocenters. The van der Waals surface area contributed by atoms with E-state index in [4.69, 9.17) is 11.6 Å². The van der Waals surface area contributed by atoms with Gasteiger partial charge in [-0.15, -0.1) is 0 Å². The Bertz CT molecular complexity index is 601. The Balaban J connectivity index is 0.000000193. The highest BCUT2D eigenvalue weighted by Gasteiger charge is 2.07. The van der Waals surface area contributed by atoms with Gasteiger partial charge < -0.3 is 15.4 Å². The largest absolute Gasteiger partial charge is 0.462 e. The predicted octanol–water partition coefficient (Wildman–Crippen LogP) is 2.42. The molecule has 0 unspecified atom stereocenters. The van der Waals surface area contributed by atoms with E-state index >= 15 is 0 Å². The fourth-order valence-electron chi connectivity index (χ4n) is 1.68. The molecule has 0 saturated carbocycles. The van der Waals surface area contributed by atoms with Crippen LogP contribution in [0.25, 0.3) is 11.0 Å². The molecule has 6 nitrogen and oxygen atoms in total. The van der Waals surface area contributed by atoms with Crippen molar-refractivity contribution in [1.29, 1.82) is 0 Å². The highest BCUT2D eigenvalue weighted by Crippen LogP contribution is 2.10. The number of hydrogen-bond donors (Lipinski definition) is 2. The van der Waals surface area contributed by atoms with E-state index in [-0.39, 0.29) is 5.60 Å². The monoisotopic (exact) mass is 352 g/mol. The van der Waals surface area contributed by atoms with Crippen LogP contribution >= 0.6 is 11.6 Å². The van der Waals surface area contributed by atoms with Gasteiger partial charge in [-0.1, -0.05) is 23.7 Å². The van der Waals surface area contributed by atoms with Crippen LogP contribution in [0.4, 0.5) is 0 Å². The molecule has 1 aliphatic heterocycles. The molecule has 1 aromatic heterocycles. The second-order valence-corrected chi connectivity index (χ2v) is 6.40. The zero-order valence-electron chi connectivity index (χ0n) is 14.4. The summed E-state index contributed by atoms with van der Waals surface area (Å²) in [5.74, 6) is 0. The number of nitrogens with zero attached hydrogens (tertiary/aromatic N) is 2. The molecule has 24 heavy (non-hydrogen) atoms. The number of piperazine rings is 1. The van der Waals surface area contributed by atoms with E-state index in [0.717, 1.165) is 37.2 Å². The van der Waals surface area contributed by atoms with Gasteiger partial charge in [-0.3, -0.25) is 9.78 Å². The summed E-state index contributed by atoms with van der Waals surface area (Å²) in [5, 5.41) is 6.88. The van der Waals surface area contributed by atoms with Crippen molar-refractivity contribution in [1.82, 2.24) is 20.6 Å². The van der Waals surface area contributed by atoms with E-state index in [1.54, 1.807) is 6.20 Å². The molecule has 2 N–H and O–H groups in total. The smallest absolute Gasteiger partial charge is 0.293 e. The average Bonchev–Trinajstić information content (AvgIpc) is 2.56. The topological polar surface area (TPSA) is 76.1 Å². The first-order chi connectivity index (χ1) is 11.4. The number of carbonyl (C=O) groups excluding carboxylic acids is 1. The third-order valence-electron chi connectivity index (χ3n) is 2.78. The van der Waals surface area contributed by atoms with Gasteiger partial charge in [-0.2, -0.15) is 0 Å². The molecule has 0 spiro atoms. The SMILES string of the molecule is C1CNCCN1.CC(C)(C)OC=O.Clc1cnc2ccccc2n1. The van der Waals surface area contributed by atoms with E-state index in [0.29, 0.717) is 11.6 Å². The van der Waals surface area contributed by atoms with Crippen LogP contribution in [-0.2, 0) is 9.53 Å². The third kappa shape index (κ3) is 9.39. The number of carbonyl (C=O) groups is 1. The molecule has 1 fully saturated rings. The number of ether oxygens (including phenoxy) is 1. The summed E-state index contributed by atoms with van der Waals surface area (Å²) in [5.41, 5.74) is 1.39. The van der Waals surface area contributed by atoms with E-state index in [9.17, 15) is 4.79 Å². The molecule has 2 heterocycles. The fraction of sp³-hybridized carbons (Fsp3) is 0.471. The molecule has 132 valence electrons. The first-order valence-corrected chi connectivity index (χ1v) is 8.20. The number of para-hydroxylation sites is 2. The van der Waals surface area contributed by atoms with E-state index < -0.39 is 0 Å². The van der Waals surface area contributed by atoms with Crippen LogP contribution < -0.4 is 10.6 Å². The van der Waals surface area contributed by atoms with Gasteiger partial charge in [0.2, 0.25) is 0 Å². The quantitative estimate of drug-likeness (QED) is 0.768. The second kappa shape index (κ2) is 10.9. The van der Waals surface area contributed by atoms with Crippen LogP contribution in [0.5, 0.6) is 0 Å². The number of aromatic nitrogens is 2. The van der Waals surface area contributed by atoms with Crippen LogP contribution in [0, 0.1) is 0 Å². The van der Waals surface area contributed by atoms with Crippen LogP contribution in [0.1, 0.15) is 20.8 Å². The van der Waals surface area contributed by atoms with Crippen molar-refractivity contribution in [2.75, 3.05) is 26.2 Å². The number of hydrogen-bond acceptors (Lipinski definition) is 6. The van der Waals surface area contributed by atoms with Gasteiger partial charge in [0.05, 0.1) is 17.2 Å². The van der Waals surface area contributed by atoms with Crippen molar-refractivity contribution in [3.05, 3.63) is 35.6 Å². The molecule has 0 amide bonds. The van der Waals surface area contributed by atoms with Gasteiger partial charge in [0.1, 0.15) is 10.8 Å². The number of nitrogens with one attached hydrogen (secondary N) is 2. The van der Waals surface area contributed by atoms with Gasteiger partial charge in [0, 0.05) is 26.2 Å². The standard InChI is InChI=1S/C8H5ClN2.C5H10O2.C4H10N2/c9-8-5-10-6-3-1-2-4-7(6)11-8;1-5(2,3)7-4-6;1-2-6-4-3-5-1/h1-5H;4H,1-3H3;5-6H,1-4H2. The lowest BCUT2D eigenvalue weighted by Gasteiger charge is -2.14. The summed E-state index contributed by atoms with van der Waals surface area (Å²) in [6.07, 6.45) is 1.55. The Morgan fingerprint density at radius 2 is 1.62 bits per heavy atom. The maximum atomic E-state index is 9.60. The van der Waals surface area contributed by atoms with Gasteiger partial charge in [0.15, 0.2) is 0 Å².